The maximum atomic E-state index is 9.69. The van der Waals surface area contributed by atoms with Crippen LogP contribution in [0.2, 0.25) is 0 Å². The zero-order chi connectivity index (χ0) is 15.9. The Bertz CT molecular complexity index is 674. The molecule has 0 fully saturated rings. The molecule has 2 aromatic carbocycles. The van der Waals surface area contributed by atoms with Crippen LogP contribution in [0.4, 0.5) is 0 Å². The lowest BCUT2D eigenvalue weighted by atomic mass is 10.2. The highest BCUT2D eigenvalue weighted by Gasteiger charge is 2.05. The Morgan fingerprint density at radius 1 is 1.18 bits per heavy atom. The summed E-state index contributed by atoms with van der Waals surface area (Å²) in [5.74, 6) is -0.390. The smallest absolute Gasteiger partial charge is 0.189 e. The molecule has 2 rings (SSSR count). The summed E-state index contributed by atoms with van der Waals surface area (Å²) in [5, 5.41) is 28.3. The van der Waals surface area contributed by atoms with E-state index in [0.29, 0.717) is 17.2 Å². The molecule has 0 atom stereocenters. The lowest BCUT2D eigenvalue weighted by Gasteiger charge is -2.15. The molecule has 0 saturated heterocycles. The second-order valence-electron chi connectivity index (χ2n) is 4.63. The quantitative estimate of drug-likeness (QED) is 0.350. The van der Waals surface area contributed by atoms with E-state index in [1.807, 2.05) is 30.3 Å². The molecule has 0 aliphatic carbocycles. The zero-order valence-electron chi connectivity index (χ0n) is 12.1. The molecular formula is C16H17N3O2S. The zero-order valence-corrected chi connectivity index (χ0v) is 12.9. The SMILES string of the molecule is CN(/N=C/c1cccc(O)c1O)C(=S)NCc1ccccc1. The van der Waals surface area contributed by atoms with Crippen molar-refractivity contribution in [1.29, 1.82) is 0 Å². The molecule has 0 radical (unpaired) electrons. The number of thiocarbonyl (C=S) groups is 1. The molecule has 0 aliphatic rings. The third kappa shape index (κ3) is 4.20. The fraction of sp³-hybridized carbons (Fsp3) is 0.125. The van der Waals surface area contributed by atoms with Gasteiger partial charge in [0.2, 0.25) is 0 Å². The van der Waals surface area contributed by atoms with Gasteiger partial charge in [0, 0.05) is 19.2 Å². The van der Waals surface area contributed by atoms with Crippen LogP contribution in [-0.4, -0.2) is 33.6 Å². The molecule has 0 aromatic heterocycles. The lowest BCUT2D eigenvalue weighted by Crippen LogP contribution is -2.33. The summed E-state index contributed by atoms with van der Waals surface area (Å²) in [6, 6.07) is 14.6. The van der Waals surface area contributed by atoms with Gasteiger partial charge in [-0.1, -0.05) is 36.4 Å². The number of aromatic hydroxyl groups is 2. The Labute approximate surface area is 134 Å². The number of hydrazone groups is 1. The molecule has 0 saturated carbocycles. The first-order chi connectivity index (χ1) is 10.6. The number of hydrogen-bond acceptors (Lipinski definition) is 4. The molecule has 0 heterocycles. The van der Waals surface area contributed by atoms with E-state index in [0.717, 1.165) is 5.56 Å². The van der Waals surface area contributed by atoms with Gasteiger partial charge in [0.25, 0.3) is 0 Å². The van der Waals surface area contributed by atoms with Crippen molar-refractivity contribution in [3.8, 4) is 11.5 Å². The van der Waals surface area contributed by atoms with Crippen LogP contribution < -0.4 is 5.32 Å². The van der Waals surface area contributed by atoms with E-state index in [4.69, 9.17) is 12.2 Å². The van der Waals surface area contributed by atoms with Gasteiger partial charge >= 0.3 is 0 Å². The van der Waals surface area contributed by atoms with Gasteiger partial charge in [-0.25, -0.2) is 5.01 Å². The summed E-state index contributed by atoms with van der Waals surface area (Å²) >= 11 is 5.24. The van der Waals surface area contributed by atoms with E-state index in [2.05, 4.69) is 10.4 Å². The first kappa shape index (κ1) is 15.8. The Morgan fingerprint density at radius 2 is 1.91 bits per heavy atom. The maximum Gasteiger partial charge on any atom is 0.189 e. The van der Waals surface area contributed by atoms with Gasteiger partial charge in [-0.05, 0) is 29.9 Å². The Balaban J connectivity index is 1.93. The van der Waals surface area contributed by atoms with Gasteiger partial charge in [0.05, 0.1) is 6.21 Å². The number of rotatable bonds is 4. The molecule has 0 aliphatic heterocycles. The predicted octanol–water partition coefficient (Wildman–Crippen LogP) is 2.44. The fourth-order valence-corrected chi connectivity index (χ4v) is 1.86. The summed E-state index contributed by atoms with van der Waals surface area (Å²) in [5.41, 5.74) is 1.53. The lowest BCUT2D eigenvalue weighted by molar-refractivity contribution is 0.403. The van der Waals surface area contributed by atoms with Crippen molar-refractivity contribution in [1.82, 2.24) is 10.3 Å². The largest absolute Gasteiger partial charge is 0.504 e. The first-order valence-electron chi connectivity index (χ1n) is 6.68. The van der Waals surface area contributed by atoms with Crippen LogP contribution in [0.3, 0.4) is 0 Å². The van der Waals surface area contributed by atoms with E-state index in [1.54, 1.807) is 19.2 Å². The van der Waals surface area contributed by atoms with Crippen LogP contribution in [-0.2, 0) is 6.54 Å². The highest BCUT2D eigenvalue weighted by molar-refractivity contribution is 7.80. The molecule has 5 nitrogen and oxygen atoms in total. The van der Waals surface area contributed by atoms with Gasteiger partial charge in [-0.15, -0.1) is 0 Å². The topological polar surface area (TPSA) is 68.1 Å². The van der Waals surface area contributed by atoms with Crippen molar-refractivity contribution < 1.29 is 10.2 Å². The van der Waals surface area contributed by atoms with E-state index in [1.165, 1.54) is 17.3 Å². The van der Waals surface area contributed by atoms with Crippen molar-refractivity contribution in [3.63, 3.8) is 0 Å². The molecule has 114 valence electrons. The van der Waals surface area contributed by atoms with Crippen LogP contribution >= 0.6 is 12.2 Å². The first-order valence-corrected chi connectivity index (χ1v) is 7.09. The Hall–Kier alpha value is -2.60. The maximum absolute atomic E-state index is 9.69. The van der Waals surface area contributed by atoms with Crippen molar-refractivity contribution in [2.45, 2.75) is 6.54 Å². The molecule has 0 spiro atoms. The number of hydrogen-bond donors (Lipinski definition) is 3. The van der Waals surface area contributed by atoms with Gasteiger partial charge in [0.1, 0.15) is 0 Å². The minimum atomic E-state index is -0.206. The van der Waals surface area contributed by atoms with Crippen molar-refractivity contribution >= 4 is 23.5 Å². The Morgan fingerprint density at radius 3 is 2.64 bits per heavy atom. The number of phenolic OH excluding ortho intramolecular Hbond substituents is 2. The van der Waals surface area contributed by atoms with Crippen molar-refractivity contribution in [2.75, 3.05) is 7.05 Å². The number of nitrogens with zero attached hydrogens (tertiary/aromatic N) is 2. The van der Waals surface area contributed by atoms with Crippen LogP contribution in [0, 0.1) is 0 Å². The monoisotopic (exact) mass is 315 g/mol. The summed E-state index contributed by atoms with van der Waals surface area (Å²) in [6.07, 6.45) is 1.44. The number of para-hydroxylation sites is 1. The van der Waals surface area contributed by atoms with E-state index in [-0.39, 0.29) is 11.5 Å². The summed E-state index contributed by atoms with van der Waals surface area (Å²) < 4.78 is 0. The minimum Gasteiger partial charge on any atom is -0.504 e. The van der Waals surface area contributed by atoms with Crippen LogP contribution in [0.5, 0.6) is 11.5 Å². The Kier molecular flexibility index (Phi) is 5.32. The normalized spacial score (nSPS) is 10.6. The fourth-order valence-electron chi connectivity index (χ4n) is 1.74. The minimum absolute atomic E-state index is 0.184. The standard InChI is InChI=1S/C16H17N3O2S/c1-19(16(22)17-10-12-6-3-2-4-7-12)18-11-13-8-5-9-14(20)15(13)21/h2-9,11,20-21H,10H2,1H3,(H,17,22)/b18-11+. The van der Waals surface area contributed by atoms with Gasteiger partial charge < -0.3 is 15.5 Å². The molecule has 0 amide bonds. The third-order valence-electron chi connectivity index (χ3n) is 3.00. The molecule has 22 heavy (non-hydrogen) atoms. The van der Waals surface area contributed by atoms with Gasteiger partial charge in [0.15, 0.2) is 16.6 Å². The van der Waals surface area contributed by atoms with E-state index >= 15 is 0 Å². The second kappa shape index (κ2) is 7.42. The van der Waals surface area contributed by atoms with Crippen molar-refractivity contribution in [3.05, 3.63) is 59.7 Å². The van der Waals surface area contributed by atoms with E-state index in [9.17, 15) is 10.2 Å². The third-order valence-corrected chi connectivity index (χ3v) is 3.40. The van der Waals surface area contributed by atoms with Crippen LogP contribution in [0.1, 0.15) is 11.1 Å². The molecule has 0 bridgehead atoms. The molecular weight excluding hydrogens is 298 g/mol. The number of benzene rings is 2. The summed E-state index contributed by atoms with van der Waals surface area (Å²) in [4.78, 5) is 0. The second-order valence-corrected chi connectivity index (χ2v) is 5.01. The summed E-state index contributed by atoms with van der Waals surface area (Å²) in [6.45, 7) is 0.608. The summed E-state index contributed by atoms with van der Waals surface area (Å²) in [7, 11) is 1.71. The van der Waals surface area contributed by atoms with Gasteiger partial charge in [-0.2, -0.15) is 5.10 Å². The molecule has 6 heteroatoms. The van der Waals surface area contributed by atoms with Crippen LogP contribution in [0.15, 0.2) is 53.6 Å². The highest BCUT2D eigenvalue weighted by Crippen LogP contribution is 2.26. The molecule has 0 unspecified atom stereocenters. The predicted molar refractivity (Wildman–Crippen MR) is 91.0 cm³/mol. The molecule has 3 N–H and O–H groups in total. The highest BCUT2D eigenvalue weighted by atomic mass is 32.1. The average molecular weight is 315 g/mol. The average Bonchev–Trinajstić information content (AvgIpc) is 2.54. The number of nitrogens with one attached hydrogen (secondary N) is 1. The molecule has 2 aromatic rings. The number of phenols is 2. The van der Waals surface area contributed by atoms with Crippen LogP contribution in [0.25, 0.3) is 0 Å². The van der Waals surface area contributed by atoms with Crippen molar-refractivity contribution in [2.24, 2.45) is 5.10 Å². The van der Waals surface area contributed by atoms with E-state index < -0.39 is 0 Å². The van der Waals surface area contributed by atoms with Gasteiger partial charge in [-0.3, -0.25) is 0 Å².